The average molecular weight is 536 g/mol. The van der Waals surface area contributed by atoms with Crippen molar-refractivity contribution in [1.82, 2.24) is 15.5 Å². The van der Waals surface area contributed by atoms with Gasteiger partial charge in [0, 0.05) is 39.6 Å². The molecule has 2 N–H and O–H groups in total. The lowest BCUT2D eigenvalue weighted by molar-refractivity contribution is -0.128. The fourth-order valence-electron chi connectivity index (χ4n) is 3.68. The number of benzene rings is 2. The van der Waals surface area contributed by atoms with Crippen LogP contribution in [0.5, 0.6) is 5.75 Å². The standard InChI is InChI=1S/C24H32N4O2.HI/c1-18-6-11-22(30-3)21(15-18)12-13-26-24(25-2)27-16-19-7-9-20(10-8-19)17-28-14-4-5-23(28)29;/h6-11,15H,4-5,12-14,16-17H2,1-3H3,(H2,25,26,27);1H. The van der Waals surface area contributed by atoms with Gasteiger partial charge in [-0.25, -0.2) is 0 Å². The number of aliphatic imine (C=N–C) groups is 1. The first kappa shape index (κ1) is 25.0. The van der Waals surface area contributed by atoms with Crippen LogP contribution in [-0.2, 0) is 24.3 Å². The van der Waals surface area contributed by atoms with Crippen molar-refractivity contribution in [3.8, 4) is 5.75 Å². The Morgan fingerprint density at radius 3 is 2.52 bits per heavy atom. The summed E-state index contributed by atoms with van der Waals surface area (Å²) in [6.07, 6.45) is 2.52. The van der Waals surface area contributed by atoms with Gasteiger partial charge in [0.25, 0.3) is 0 Å². The summed E-state index contributed by atoms with van der Waals surface area (Å²) in [4.78, 5) is 18.0. The lowest BCUT2D eigenvalue weighted by Gasteiger charge is -2.16. The summed E-state index contributed by atoms with van der Waals surface area (Å²) >= 11 is 0. The number of hydrogen-bond acceptors (Lipinski definition) is 3. The quantitative estimate of drug-likeness (QED) is 0.307. The molecule has 0 saturated carbocycles. The van der Waals surface area contributed by atoms with Crippen LogP contribution in [0.3, 0.4) is 0 Å². The Bertz CT molecular complexity index is 884. The Hall–Kier alpha value is -2.29. The number of carbonyl (C=O) groups is 1. The van der Waals surface area contributed by atoms with Crippen molar-refractivity contribution in [1.29, 1.82) is 0 Å². The van der Waals surface area contributed by atoms with Crippen LogP contribution in [0.1, 0.15) is 35.1 Å². The minimum Gasteiger partial charge on any atom is -0.496 e. The smallest absolute Gasteiger partial charge is 0.222 e. The molecule has 0 aliphatic carbocycles. The van der Waals surface area contributed by atoms with E-state index < -0.39 is 0 Å². The molecule has 0 radical (unpaired) electrons. The Labute approximate surface area is 202 Å². The predicted molar refractivity (Wildman–Crippen MR) is 136 cm³/mol. The van der Waals surface area contributed by atoms with Crippen LogP contribution in [0, 0.1) is 6.92 Å². The van der Waals surface area contributed by atoms with Crippen molar-refractivity contribution in [2.75, 3.05) is 27.2 Å². The number of aryl methyl sites for hydroxylation is 1. The van der Waals surface area contributed by atoms with Gasteiger partial charge in [-0.05, 0) is 42.5 Å². The fourth-order valence-corrected chi connectivity index (χ4v) is 3.68. The highest BCUT2D eigenvalue weighted by atomic mass is 127. The third kappa shape index (κ3) is 7.41. The van der Waals surface area contributed by atoms with Gasteiger partial charge in [-0.3, -0.25) is 9.79 Å². The summed E-state index contributed by atoms with van der Waals surface area (Å²) in [5.74, 6) is 1.95. The van der Waals surface area contributed by atoms with E-state index in [4.69, 9.17) is 4.74 Å². The van der Waals surface area contributed by atoms with Gasteiger partial charge < -0.3 is 20.3 Å². The second-order valence-electron chi connectivity index (χ2n) is 7.65. The summed E-state index contributed by atoms with van der Waals surface area (Å²) in [5.41, 5.74) is 4.76. The molecule has 0 bridgehead atoms. The molecule has 1 fully saturated rings. The molecule has 1 aliphatic rings. The monoisotopic (exact) mass is 536 g/mol. The van der Waals surface area contributed by atoms with Crippen LogP contribution in [0.15, 0.2) is 47.5 Å². The largest absolute Gasteiger partial charge is 0.496 e. The summed E-state index contributed by atoms with van der Waals surface area (Å²) in [6.45, 7) is 5.13. The minimum absolute atomic E-state index is 0. The molecule has 1 aliphatic heterocycles. The van der Waals surface area contributed by atoms with Gasteiger partial charge in [0.1, 0.15) is 5.75 Å². The molecule has 0 unspecified atom stereocenters. The zero-order valence-corrected chi connectivity index (χ0v) is 20.9. The molecule has 2 aromatic rings. The molecule has 168 valence electrons. The number of nitrogens with one attached hydrogen (secondary N) is 2. The van der Waals surface area contributed by atoms with Crippen LogP contribution in [0.25, 0.3) is 0 Å². The van der Waals surface area contributed by atoms with Gasteiger partial charge in [-0.2, -0.15) is 0 Å². The third-order valence-electron chi connectivity index (χ3n) is 5.37. The van der Waals surface area contributed by atoms with Gasteiger partial charge >= 0.3 is 0 Å². The lowest BCUT2D eigenvalue weighted by Crippen LogP contribution is -2.37. The van der Waals surface area contributed by atoms with E-state index in [2.05, 4.69) is 58.9 Å². The zero-order chi connectivity index (χ0) is 21.3. The maximum absolute atomic E-state index is 11.8. The van der Waals surface area contributed by atoms with Gasteiger partial charge in [-0.1, -0.05) is 42.0 Å². The van der Waals surface area contributed by atoms with Crippen LogP contribution in [-0.4, -0.2) is 44.0 Å². The molecule has 1 saturated heterocycles. The number of nitrogens with zero attached hydrogens (tertiary/aromatic N) is 2. The first-order valence-electron chi connectivity index (χ1n) is 10.5. The van der Waals surface area contributed by atoms with E-state index in [1.54, 1.807) is 14.2 Å². The van der Waals surface area contributed by atoms with Crippen molar-refractivity contribution < 1.29 is 9.53 Å². The highest BCUT2D eigenvalue weighted by Crippen LogP contribution is 2.19. The van der Waals surface area contributed by atoms with Gasteiger partial charge in [0.15, 0.2) is 5.96 Å². The van der Waals surface area contributed by atoms with Crippen molar-refractivity contribution in [3.63, 3.8) is 0 Å². The summed E-state index contributed by atoms with van der Waals surface area (Å²) in [7, 11) is 3.48. The van der Waals surface area contributed by atoms with E-state index in [-0.39, 0.29) is 29.9 Å². The Kier molecular flexibility index (Phi) is 10.1. The van der Waals surface area contributed by atoms with Crippen LogP contribution >= 0.6 is 24.0 Å². The zero-order valence-electron chi connectivity index (χ0n) is 18.6. The summed E-state index contributed by atoms with van der Waals surface area (Å²) in [6, 6.07) is 14.6. The number of rotatable bonds is 8. The number of likely N-dealkylation sites (tertiary alicyclic amines) is 1. The Morgan fingerprint density at radius 1 is 1.13 bits per heavy atom. The first-order valence-corrected chi connectivity index (χ1v) is 10.5. The second-order valence-corrected chi connectivity index (χ2v) is 7.65. The van der Waals surface area contributed by atoms with E-state index in [1.807, 2.05) is 11.0 Å². The normalized spacial score (nSPS) is 13.7. The molecule has 2 aromatic carbocycles. The van der Waals surface area contributed by atoms with Gasteiger partial charge in [0.2, 0.25) is 5.91 Å². The minimum atomic E-state index is 0. The second kappa shape index (κ2) is 12.5. The van der Waals surface area contributed by atoms with Crippen LogP contribution in [0.2, 0.25) is 0 Å². The molecule has 3 rings (SSSR count). The van der Waals surface area contributed by atoms with E-state index in [9.17, 15) is 4.79 Å². The molecule has 31 heavy (non-hydrogen) atoms. The molecule has 1 amide bonds. The number of amides is 1. The molecule has 1 heterocycles. The maximum atomic E-state index is 11.8. The Balaban J connectivity index is 0.00000341. The van der Waals surface area contributed by atoms with Gasteiger partial charge in [-0.15, -0.1) is 24.0 Å². The molecule has 6 nitrogen and oxygen atoms in total. The van der Waals surface area contributed by atoms with E-state index in [1.165, 1.54) is 22.3 Å². The first-order chi connectivity index (χ1) is 14.6. The van der Waals surface area contributed by atoms with E-state index in [0.717, 1.165) is 37.6 Å². The molecule has 0 atom stereocenters. The van der Waals surface area contributed by atoms with Crippen molar-refractivity contribution in [2.45, 2.75) is 39.3 Å². The average Bonchev–Trinajstić information content (AvgIpc) is 3.16. The summed E-state index contributed by atoms with van der Waals surface area (Å²) < 4.78 is 5.45. The summed E-state index contributed by atoms with van der Waals surface area (Å²) in [5, 5.41) is 6.72. The molecule has 0 spiro atoms. The SMILES string of the molecule is CN=C(NCCc1cc(C)ccc1OC)NCc1ccc(CN2CCCC2=O)cc1.I. The van der Waals surface area contributed by atoms with Crippen molar-refractivity contribution in [2.24, 2.45) is 4.99 Å². The van der Waals surface area contributed by atoms with Crippen molar-refractivity contribution in [3.05, 3.63) is 64.7 Å². The number of methoxy groups -OCH3 is 1. The molecular formula is C24H33IN4O2. The number of hydrogen-bond donors (Lipinski definition) is 2. The topological polar surface area (TPSA) is 66.0 Å². The maximum Gasteiger partial charge on any atom is 0.222 e. The third-order valence-corrected chi connectivity index (χ3v) is 5.37. The number of carbonyl (C=O) groups excluding carboxylic acids is 1. The van der Waals surface area contributed by atoms with E-state index in [0.29, 0.717) is 19.5 Å². The fraction of sp³-hybridized carbons (Fsp3) is 0.417. The van der Waals surface area contributed by atoms with Crippen LogP contribution < -0.4 is 15.4 Å². The Morgan fingerprint density at radius 2 is 1.87 bits per heavy atom. The predicted octanol–water partition coefficient (Wildman–Crippen LogP) is 3.65. The van der Waals surface area contributed by atoms with E-state index >= 15 is 0 Å². The highest BCUT2D eigenvalue weighted by Gasteiger charge is 2.19. The molecule has 0 aromatic heterocycles. The van der Waals surface area contributed by atoms with Crippen LogP contribution in [0.4, 0.5) is 0 Å². The lowest BCUT2D eigenvalue weighted by atomic mass is 10.1. The molecular weight excluding hydrogens is 503 g/mol. The molecule has 7 heteroatoms. The number of guanidine groups is 1. The van der Waals surface area contributed by atoms with Crippen molar-refractivity contribution >= 4 is 35.8 Å². The number of halogens is 1. The highest BCUT2D eigenvalue weighted by molar-refractivity contribution is 14.0. The van der Waals surface area contributed by atoms with Gasteiger partial charge in [0.05, 0.1) is 7.11 Å². The number of ether oxygens (including phenoxy) is 1.